The van der Waals surface area contributed by atoms with Gasteiger partial charge in [0.2, 0.25) is 0 Å². The van der Waals surface area contributed by atoms with Gasteiger partial charge in [0.25, 0.3) is 0 Å². The Balaban J connectivity index is 2.37. The Morgan fingerprint density at radius 3 is 2.35 bits per heavy atom. The smallest absolute Gasteiger partial charge is 0.156 e. The summed E-state index contributed by atoms with van der Waals surface area (Å²) < 4.78 is 0. The highest BCUT2D eigenvalue weighted by atomic mass is 16.3. The van der Waals surface area contributed by atoms with Gasteiger partial charge in [0.1, 0.15) is 5.75 Å². The fourth-order valence-electron chi connectivity index (χ4n) is 2.97. The van der Waals surface area contributed by atoms with E-state index in [2.05, 4.69) is 13.8 Å². The van der Waals surface area contributed by atoms with E-state index in [0.29, 0.717) is 18.1 Å². The van der Waals surface area contributed by atoms with Gasteiger partial charge in [0.05, 0.1) is 0 Å². The minimum Gasteiger partial charge on any atom is -0.508 e. The van der Waals surface area contributed by atoms with E-state index >= 15 is 0 Å². The molecular formula is C18H22O2. The molecule has 0 spiro atoms. The van der Waals surface area contributed by atoms with Crippen molar-refractivity contribution in [1.82, 2.24) is 0 Å². The fourth-order valence-corrected chi connectivity index (χ4v) is 2.97. The first-order valence-corrected chi connectivity index (χ1v) is 7.37. The number of hydrogen-bond donors (Lipinski definition) is 1. The molecule has 0 aliphatic heterocycles. The highest BCUT2D eigenvalue weighted by molar-refractivity contribution is 5.91. The lowest BCUT2D eigenvalue weighted by Crippen LogP contribution is -2.07. The Morgan fingerprint density at radius 1 is 1.15 bits per heavy atom. The van der Waals surface area contributed by atoms with E-state index in [-0.39, 0.29) is 5.78 Å². The Bertz CT molecular complexity index is 535. The van der Waals surface area contributed by atoms with Crippen molar-refractivity contribution in [2.24, 2.45) is 0 Å². The van der Waals surface area contributed by atoms with Crippen molar-refractivity contribution in [1.29, 1.82) is 0 Å². The third-order valence-corrected chi connectivity index (χ3v) is 4.03. The lowest BCUT2D eigenvalue weighted by atomic mass is 9.82. The van der Waals surface area contributed by atoms with Crippen molar-refractivity contribution in [3.05, 3.63) is 53.1 Å². The molecule has 0 saturated carbocycles. The third kappa shape index (κ3) is 3.19. The maximum atomic E-state index is 11.3. The van der Waals surface area contributed by atoms with Gasteiger partial charge in [-0.25, -0.2) is 0 Å². The molecule has 1 aliphatic rings. The van der Waals surface area contributed by atoms with Crippen molar-refractivity contribution < 1.29 is 9.90 Å². The summed E-state index contributed by atoms with van der Waals surface area (Å²) >= 11 is 0. The number of rotatable bonds is 4. The van der Waals surface area contributed by atoms with E-state index in [0.717, 1.165) is 19.3 Å². The van der Waals surface area contributed by atoms with Gasteiger partial charge in [-0.05, 0) is 48.6 Å². The molecule has 0 heterocycles. The van der Waals surface area contributed by atoms with Crippen molar-refractivity contribution in [2.75, 3.05) is 0 Å². The fraction of sp³-hybridized carbons (Fsp3) is 0.389. The van der Waals surface area contributed by atoms with Crippen LogP contribution in [0.2, 0.25) is 0 Å². The first kappa shape index (κ1) is 14.6. The highest BCUT2D eigenvalue weighted by Gasteiger charge is 2.18. The number of phenolic OH excluding ortho intramolecular Hbond substituents is 1. The van der Waals surface area contributed by atoms with Gasteiger partial charge in [-0.2, -0.15) is 0 Å². The van der Waals surface area contributed by atoms with Gasteiger partial charge < -0.3 is 5.11 Å². The zero-order valence-corrected chi connectivity index (χ0v) is 12.2. The number of hydrogen-bond acceptors (Lipinski definition) is 2. The van der Waals surface area contributed by atoms with Gasteiger partial charge in [-0.1, -0.05) is 37.6 Å². The number of phenols is 1. The third-order valence-electron chi connectivity index (χ3n) is 4.03. The Labute approximate surface area is 120 Å². The van der Waals surface area contributed by atoms with E-state index < -0.39 is 0 Å². The maximum absolute atomic E-state index is 11.3. The van der Waals surface area contributed by atoms with Crippen LogP contribution in [0.25, 0.3) is 0 Å². The van der Waals surface area contributed by atoms with Crippen LogP contribution in [-0.4, -0.2) is 10.9 Å². The molecule has 2 heteroatoms. The summed E-state index contributed by atoms with van der Waals surface area (Å²) in [6, 6.07) is 7.49. The molecule has 2 rings (SSSR count). The van der Waals surface area contributed by atoms with Crippen LogP contribution in [0.3, 0.4) is 0 Å². The Hall–Kier alpha value is -1.83. The van der Waals surface area contributed by atoms with Crippen LogP contribution in [0.1, 0.15) is 51.0 Å². The molecule has 0 amide bonds. The van der Waals surface area contributed by atoms with Crippen molar-refractivity contribution in [3.63, 3.8) is 0 Å². The summed E-state index contributed by atoms with van der Waals surface area (Å²) in [6.07, 6.45) is 7.20. The zero-order chi connectivity index (χ0) is 14.5. The van der Waals surface area contributed by atoms with Crippen LogP contribution in [0.15, 0.2) is 47.6 Å². The van der Waals surface area contributed by atoms with Crippen LogP contribution in [-0.2, 0) is 4.79 Å². The average molecular weight is 270 g/mol. The molecule has 106 valence electrons. The van der Waals surface area contributed by atoms with Gasteiger partial charge in [-0.15, -0.1) is 0 Å². The summed E-state index contributed by atoms with van der Waals surface area (Å²) in [7, 11) is 0. The lowest BCUT2D eigenvalue weighted by Gasteiger charge is -2.23. The topological polar surface area (TPSA) is 37.3 Å². The number of allylic oxidation sites excluding steroid dienone is 4. The molecule has 20 heavy (non-hydrogen) atoms. The average Bonchev–Trinajstić information content (AvgIpc) is 2.47. The first-order valence-electron chi connectivity index (χ1n) is 7.37. The van der Waals surface area contributed by atoms with Crippen LogP contribution >= 0.6 is 0 Å². The summed E-state index contributed by atoms with van der Waals surface area (Å²) in [4.78, 5) is 11.3. The second-order valence-corrected chi connectivity index (χ2v) is 5.26. The molecule has 0 saturated heterocycles. The molecule has 0 radical (unpaired) electrons. The first-order chi connectivity index (χ1) is 9.65. The van der Waals surface area contributed by atoms with Crippen LogP contribution in [0.5, 0.6) is 5.75 Å². The zero-order valence-electron chi connectivity index (χ0n) is 12.2. The van der Waals surface area contributed by atoms with Gasteiger partial charge >= 0.3 is 0 Å². The van der Waals surface area contributed by atoms with Crippen LogP contribution in [0.4, 0.5) is 0 Å². The second kappa shape index (κ2) is 6.56. The number of carbonyl (C=O) groups excluding carboxylic acids is 1. The molecule has 1 N–H and O–H groups in total. The highest BCUT2D eigenvalue weighted by Crippen LogP contribution is 2.35. The van der Waals surface area contributed by atoms with E-state index in [1.165, 1.54) is 16.7 Å². The van der Waals surface area contributed by atoms with Crippen LogP contribution in [0, 0.1) is 0 Å². The van der Waals surface area contributed by atoms with Gasteiger partial charge in [0.15, 0.2) is 5.78 Å². The molecule has 1 aromatic rings. The number of carbonyl (C=O) groups is 1. The van der Waals surface area contributed by atoms with Gasteiger partial charge in [-0.3, -0.25) is 4.79 Å². The predicted molar refractivity (Wildman–Crippen MR) is 81.8 cm³/mol. The predicted octanol–water partition coefficient (Wildman–Crippen LogP) is 4.51. The largest absolute Gasteiger partial charge is 0.508 e. The van der Waals surface area contributed by atoms with Crippen molar-refractivity contribution >= 4 is 5.78 Å². The summed E-state index contributed by atoms with van der Waals surface area (Å²) in [6.45, 7) is 4.36. The minimum absolute atomic E-state index is 0.224. The molecule has 1 atom stereocenters. The Kier molecular flexibility index (Phi) is 4.78. The summed E-state index contributed by atoms with van der Waals surface area (Å²) in [5.41, 5.74) is 3.97. The van der Waals surface area contributed by atoms with E-state index in [9.17, 15) is 9.90 Å². The van der Waals surface area contributed by atoms with Gasteiger partial charge in [0, 0.05) is 12.3 Å². The molecule has 0 bridgehead atoms. The molecule has 0 aromatic heterocycles. The lowest BCUT2D eigenvalue weighted by molar-refractivity contribution is -0.114. The Morgan fingerprint density at radius 2 is 1.85 bits per heavy atom. The molecule has 1 aliphatic carbocycles. The monoisotopic (exact) mass is 270 g/mol. The molecule has 2 nitrogen and oxygen atoms in total. The van der Waals surface area contributed by atoms with Crippen LogP contribution < -0.4 is 0 Å². The van der Waals surface area contributed by atoms with Crippen molar-refractivity contribution in [3.8, 4) is 5.75 Å². The SMILES string of the molecule is CCC(=C1C=CC(=O)CC1)C(CC)c1ccc(O)cc1. The molecule has 1 unspecified atom stereocenters. The number of benzene rings is 1. The molecule has 0 fully saturated rings. The number of ketones is 1. The quantitative estimate of drug-likeness (QED) is 0.874. The summed E-state index contributed by atoms with van der Waals surface area (Å²) in [5.74, 6) is 0.896. The van der Waals surface area contributed by atoms with Crippen molar-refractivity contribution in [2.45, 2.75) is 45.4 Å². The second-order valence-electron chi connectivity index (χ2n) is 5.26. The normalized spacial score (nSPS) is 19.0. The van der Waals surface area contributed by atoms with E-state index in [1.807, 2.05) is 18.2 Å². The minimum atomic E-state index is 0.224. The maximum Gasteiger partial charge on any atom is 0.156 e. The molecular weight excluding hydrogens is 248 g/mol. The van der Waals surface area contributed by atoms with E-state index in [1.54, 1.807) is 18.2 Å². The molecule has 1 aromatic carbocycles. The summed E-state index contributed by atoms with van der Waals surface area (Å²) in [5, 5.41) is 9.42. The van der Waals surface area contributed by atoms with E-state index in [4.69, 9.17) is 0 Å². The standard InChI is InChI=1S/C18H22O2/c1-3-17(13-5-9-15(19)10-6-13)18(4-2)14-7-11-16(20)12-8-14/h5-7,9-11,17,19H,3-4,8,12H2,1-2H3. The number of aromatic hydroxyl groups is 1.